The molecule has 33 heteroatoms. The number of rotatable bonds is 17. The smallest absolute Gasteiger partial charge is 0.467 e. The number of fused-ring (bicyclic) bond motifs is 1. The van der Waals surface area contributed by atoms with E-state index in [9.17, 15) is 50.4 Å². The normalized spacial score (nSPS) is 13.6. The summed E-state index contributed by atoms with van der Waals surface area (Å²) in [5.41, 5.74) is 6.33. The van der Waals surface area contributed by atoms with Crippen LogP contribution in [0.4, 0.5) is 10.7 Å². The van der Waals surface area contributed by atoms with Crippen molar-refractivity contribution in [2.45, 2.75) is 116 Å². The van der Waals surface area contributed by atoms with Crippen molar-refractivity contribution >= 4 is 89.5 Å². The number of carbonyl (C=O) groups excluding carboxylic acids is 5. The molecule has 29 nitrogen and oxygen atoms in total. The number of aromatic amines is 1. The van der Waals surface area contributed by atoms with E-state index in [1.807, 2.05) is 104 Å². The topological polar surface area (TPSA) is 372 Å². The van der Waals surface area contributed by atoms with Gasteiger partial charge in [-0.3, -0.25) is 28.7 Å². The maximum atomic E-state index is 13.5. The van der Waals surface area contributed by atoms with Crippen molar-refractivity contribution in [3.8, 4) is 23.0 Å². The minimum Gasteiger partial charge on any atom is -0.467 e. The molecule has 3 aliphatic rings. The van der Waals surface area contributed by atoms with Crippen LogP contribution < -0.4 is 55.5 Å². The molecule has 0 spiro atoms. The largest absolute Gasteiger partial charge is 1.00 e. The van der Waals surface area contributed by atoms with Gasteiger partial charge in [-0.1, -0.05) is 103 Å². The number of amides is 2. The van der Waals surface area contributed by atoms with Crippen LogP contribution in [0.3, 0.4) is 0 Å². The number of carbonyl (C=O) groups is 5. The Hall–Kier alpha value is -9.19. The molecular weight excluding hydrogens is 1510 g/mol. The molecule has 0 radical (unpaired) electrons. The van der Waals surface area contributed by atoms with Crippen molar-refractivity contribution in [1.29, 1.82) is 0 Å². The second kappa shape index (κ2) is 35.5. The second-order valence-corrected chi connectivity index (χ2v) is 29.2. The van der Waals surface area contributed by atoms with E-state index in [4.69, 9.17) is 28.6 Å². The van der Waals surface area contributed by atoms with Gasteiger partial charge in [0.15, 0.2) is 38.9 Å². The molecule has 0 aliphatic carbocycles. The van der Waals surface area contributed by atoms with Crippen LogP contribution in [0, 0.1) is 29.8 Å². The molecule has 6 heterocycles. The van der Waals surface area contributed by atoms with Crippen LogP contribution in [-0.4, -0.2) is 139 Å². The summed E-state index contributed by atoms with van der Waals surface area (Å²) >= 11 is 1.86. The summed E-state index contributed by atoms with van der Waals surface area (Å²) in [4.78, 5) is 109. The summed E-state index contributed by atoms with van der Waals surface area (Å²) in [7, 11) is -4.10. The molecule has 0 atom stereocenters. The van der Waals surface area contributed by atoms with Crippen LogP contribution in [0.25, 0.3) is 15.8 Å². The molecule has 11 rings (SSSR count). The molecule has 3 aromatic heterocycles. The predicted molar refractivity (Wildman–Crippen MR) is 389 cm³/mol. The van der Waals surface area contributed by atoms with Gasteiger partial charge in [-0.15, -0.1) is 0 Å². The SMILES string of the molecule is CCOC(=O)C1=NOC(c2ccccc2)(c2ccccc2)C1.CCc1cc(C)cc(CC)c1-c1c(OC(=O)C(C)(C)C)n2n(c1=O)CCOCC2.COC(=O)c1ccc(I)cc1S(=O)(=O)[N-]C(=O)Nc1nc(C)nc(OC)n1.Cc1c(C(=O)c2c[nH]n(C)c2=O)ccc(S(C)(=O)=O)c1C1=NOCC1.[Na+]. The zero-order valence-electron chi connectivity index (χ0n) is 60.0. The summed E-state index contributed by atoms with van der Waals surface area (Å²) in [6.07, 6.45) is 4.84. The molecular formula is C71H79IN11NaO18S2. The standard InChI is InChI=1S/C23H32N2O4.C18H17NO3.C16H17N3O5S.C14H14IN5O6S.Na/c1-7-16-13-15(3)14-17(8-2)18(16)19-20(26)24-9-11-28-12-10-25(24)21(19)29-22(27)23(4,5)6;1-2-21-17(20)16-13-18(22-19-16,14-9-5-3-6-10-14)15-11-7-4-8-12-15;1-9-10(15(20)11-8-17-19(2)16(11)21)4-5-13(25(3,22)23)14(9)12-6-7-24-18-12;1-7-16-12(19-14(17-7)26-3)18-13(22)20-27(23,24)10-6-8(15)4-5-9(10)11(21)25-2;/h13-14H,7-12H2,1-6H3;3-12H,2,13H2,1H3;4-5,8,17H,6-7H2,1-3H3;4-6H,1-3H3,(H2,16,17,18,19,20,22);/q;;;;+1/p-1. The van der Waals surface area contributed by atoms with Crippen LogP contribution in [0.2, 0.25) is 0 Å². The molecule has 0 bridgehead atoms. The Bertz CT molecular complexity index is 4890. The van der Waals surface area contributed by atoms with Crippen LogP contribution in [-0.2, 0) is 91.9 Å². The predicted octanol–water partition coefficient (Wildman–Crippen LogP) is 6.66. The third-order valence-electron chi connectivity index (χ3n) is 16.2. The first-order valence-corrected chi connectivity index (χ1v) is 36.8. The minimum absolute atomic E-state index is 0. The number of ketones is 1. The Balaban J connectivity index is 0.000000194. The molecule has 0 saturated heterocycles. The fraction of sp³-hybridized carbons (Fsp3) is 0.352. The van der Waals surface area contributed by atoms with Crippen LogP contribution in [0.5, 0.6) is 11.9 Å². The molecule has 8 aromatic rings. The van der Waals surface area contributed by atoms with Gasteiger partial charge in [0, 0.05) is 51.7 Å². The molecule has 2 amide bonds. The number of H-pyrrole nitrogens is 1. The summed E-state index contributed by atoms with van der Waals surface area (Å²) in [6, 6.07) is 29.4. The van der Waals surface area contributed by atoms with E-state index in [-0.39, 0.29) is 80.5 Å². The first-order valence-electron chi connectivity index (χ1n) is 32.4. The average Bonchev–Trinajstić information content (AvgIpc) is 1.59. The molecule has 0 unspecified atom stereocenters. The average molecular weight is 1590 g/mol. The quantitative estimate of drug-likeness (QED) is 0.0416. The molecule has 0 fully saturated rings. The Morgan fingerprint density at radius 2 is 1.35 bits per heavy atom. The van der Waals surface area contributed by atoms with Crippen LogP contribution in [0.1, 0.15) is 125 Å². The van der Waals surface area contributed by atoms with Gasteiger partial charge >= 0.3 is 53.5 Å². The number of aryl methyl sites for hydroxylation is 5. The zero-order valence-corrected chi connectivity index (χ0v) is 65.8. The van der Waals surface area contributed by atoms with Crippen LogP contribution >= 0.6 is 22.6 Å². The number of anilines is 1. The third kappa shape index (κ3) is 19.2. The van der Waals surface area contributed by atoms with Crippen LogP contribution in [0.15, 0.2) is 139 Å². The molecule has 2 N–H and O–H groups in total. The van der Waals surface area contributed by atoms with E-state index >= 15 is 0 Å². The van der Waals surface area contributed by atoms with E-state index in [2.05, 4.69) is 78.0 Å². The van der Waals surface area contributed by atoms with Gasteiger partial charge in [-0.25, -0.2) is 40.8 Å². The van der Waals surface area contributed by atoms with Gasteiger partial charge in [0.1, 0.15) is 23.6 Å². The number of sulfone groups is 1. The van der Waals surface area contributed by atoms with E-state index in [0.29, 0.717) is 89.9 Å². The first kappa shape index (κ1) is 82.1. The van der Waals surface area contributed by atoms with Gasteiger partial charge in [0.25, 0.3) is 11.1 Å². The second-order valence-electron chi connectivity index (χ2n) is 24.4. The summed E-state index contributed by atoms with van der Waals surface area (Å²) < 4.78 is 83.5. The fourth-order valence-electron chi connectivity index (χ4n) is 11.2. The van der Waals surface area contributed by atoms with Gasteiger partial charge in [-0.05, 0) is 136 Å². The van der Waals surface area contributed by atoms with Crippen molar-refractivity contribution in [2.24, 2.45) is 22.8 Å². The van der Waals surface area contributed by atoms with Crippen molar-refractivity contribution < 1.29 is 104 Å². The Labute approximate surface area is 636 Å². The number of ether oxygens (including phenoxy) is 5. The summed E-state index contributed by atoms with van der Waals surface area (Å²) in [5.74, 6) is -1.78. The van der Waals surface area contributed by atoms with Gasteiger partial charge in [-0.2, -0.15) is 9.97 Å². The maximum absolute atomic E-state index is 13.5. The number of methoxy groups -OCH3 is 2. The number of hydrogen-bond acceptors (Lipinski definition) is 23. The number of aromatic nitrogens is 7. The number of esters is 3. The van der Waals surface area contributed by atoms with Gasteiger partial charge in [0.2, 0.25) is 15.9 Å². The van der Waals surface area contributed by atoms with E-state index in [1.54, 1.807) is 23.2 Å². The summed E-state index contributed by atoms with van der Waals surface area (Å²) in [6.45, 7) is 19.2. The van der Waals surface area contributed by atoms with Crippen molar-refractivity contribution in [3.05, 3.63) is 200 Å². The van der Waals surface area contributed by atoms with Gasteiger partial charge in [0.05, 0.1) is 80.0 Å². The Kier molecular flexibility index (Phi) is 28.0. The van der Waals surface area contributed by atoms with E-state index in [1.165, 1.54) is 67.9 Å². The zero-order chi connectivity index (χ0) is 75.3. The first-order chi connectivity index (χ1) is 48.8. The number of urea groups is 1. The van der Waals surface area contributed by atoms with Crippen molar-refractivity contribution in [1.82, 2.24) is 34.1 Å². The number of nitrogens with one attached hydrogen (secondary N) is 2. The van der Waals surface area contributed by atoms with E-state index < -0.39 is 65.1 Å². The Morgan fingerprint density at radius 1 is 0.731 bits per heavy atom. The van der Waals surface area contributed by atoms with E-state index in [0.717, 1.165) is 54.0 Å². The number of sulfonamides is 1. The number of benzene rings is 5. The number of halogens is 1. The van der Waals surface area contributed by atoms with Crippen molar-refractivity contribution in [3.63, 3.8) is 0 Å². The molecule has 546 valence electrons. The van der Waals surface area contributed by atoms with Crippen molar-refractivity contribution in [2.75, 3.05) is 52.2 Å². The number of hydrogen-bond donors (Lipinski definition) is 2. The summed E-state index contributed by atoms with van der Waals surface area (Å²) in [5, 5.41) is 12.7. The molecule has 3 aliphatic heterocycles. The monoisotopic (exact) mass is 1590 g/mol. The maximum Gasteiger partial charge on any atom is 1.00 e. The fourth-order valence-corrected chi connectivity index (χ4v) is 13.9. The third-order valence-corrected chi connectivity index (χ3v) is 19.3. The minimum atomic E-state index is -4.51. The molecule has 5 aromatic carbocycles. The number of nitrogens with zero attached hydrogens (tertiary/aromatic N) is 9. The van der Waals surface area contributed by atoms with Gasteiger partial charge < -0.3 is 48.5 Å². The molecule has 104 heavy (non-hydrogen) atoms. The molecule has 0 saturated carbocycles. The Morgan fingerprint density at radius 3 is 1.88 bits per heavy atom. The number of oxime groups is 2.